The summed E-state index contributed by atoms with van der Waals surface area (Å²) in [6, 6.07) is 12.3. The summed E-state index contributed by atoms with van der Waals surface area (Å²) < 4.78 is 111. The number of nitrogens with one attached hydrogen (secondary N) is 5. The summed E-state index contributed by atoms with van der Waals surface area (Å²) in [5.41, 5.74) is -1.33. The Balaban J connectivity index is 0.000000423. The third kappa shape index (κ3) is 29.4. The third-order valence-electron chi connectivity index (χ3n) is 10.8. The van der Waals surface area contributed by atoms with Crippen molar-refractivity contribution in [3.05, 3.63) is 98.2 Å². The van der Waals surface area contributed by atoms with Crippen molar-refractivity contribution in [3.63, 3.8) is 0 Å². The van der Waals surface area contributed by atoms with Crippen molar-refractivity contribution >= 4 is 144 Å². The van der Waals surface area contributed by atoms with E-state index in [1.54, 1.807) is 23.5 Å². The van der Waals surface area contributed by atoms with E-state index in [1.807, 2.05) is 57.3 Å². The number of aromatic nitrogens is 8. The molecule has 97 heavy (non-hydrogen) atoms. The Morgan fingerprint density at radius 1 is 0.928 bits per heavy atom. The number of fused-ring (bicyclic) bond motifs is 1. The number of aliphatic carboxylic acids is 1. The van der Waals surface area contributed by atoms with Gasteiger partial charge in [-0.3, -0.25) is 29.7 Å². The van der Waals surface area contributed by atoms with Crippen LogP contribution in [0.1, 0.15) is 68.0 Å². The van der Waals surface area contributed by atoms with Crippen LogP contribution in [0.25, 0.3) is 11.3 Å². The number of halogens is 9. The Hall–Kier alpha value is -7.19. The Bertz CT molecular complexity index is 3790. The Morgan fingerprint density at radius 2 is 1.52 bits per heavy atom. The maximum absolute atomic E-state index is 14.3. The number of hydrogen-bond donors (Lipinski definition) is 7. The first-order valence-electron chi connectivity index (χ1n) is 27.7. The van der Waals surface area contributed by atoms with Crippen LogP contribution in [0.5, 0.6) is 17.5 Å². The Morgan fingerprint density at radius 3 is 2.02 bits per heavy atom. The number of carboxylic acid groups (broad SMARTS) is 1. The summed E-state index contributed by atoms with van der Waals surface area (Å²) in [5, 5.41) is 21.3. The van der Waals surface area contributed by atoms with Crippen LogP contribution in [-0.2, 0) is 53.0 Å². The molecular formula is C55H71BrCl4F4N15O15PS2. The van der Waals surface area contributed by atoms with Gasteiger partial charge in [0.15, 0.2) is 15.6 Å². The number of carboxylic acids is 1. The molecule has 42 heteroatoms. The zero-order valence-electron chi connectivity index (χ0n) is 54.3. The topological polar surface area (TPSA) is 399 Å². The number of benzene rings is 2. The van der Waals surface area contributed by atoms with Crippen LogP contribution in [-0.4, -0.2) is 189 Å². The minimum Gasteiger partial charge on any atom is -0.778 e. The van der Waals surface area contributed by atoms with Crippen molar-refractivity contribution in [1.29, 1.82) is 0 Å². The number of aryl methyl sites for hydroxylation is 1. The number of urea groups is 1. The van der Waals surface area contributed by atoms with E-state index in [9.17, 15) is 59.4 Å². The first-order chi connectivity index (χ1) is 45.0. The molecule has 0 fully saturated rings. The van der Waals surface area contributed by atoms with Crippen molar-refractivity contribution in [2.24, 2.45) is 7.05 Å². The summed E-state index contributed by atoms with van der Waals surface area (Å²) in [4.78, 5) is 101. The highest BCUT2D eigenvalue weighted by Gasteiger charge is 2.39. The molecule has 2 unspecified atom stereocenters. The molecule has 0 bridgehead atoms. The van der Waals surface area contributed by atoms with Gasteiger partial charge in [-0.2, -0.15) is 51.6 Å². The van der Waals surface area contributed by atoms with Gasteiger partial charge in [0, 0.05) is 45.5 Å². The lowest BCUT2D eigenvalue weighted by Crippen LogP contribution is -2.47. The van der Waals surface area contributed by atoms with Crippen LogP contribution in [0.2, 0.25) is 10.3 Å². The fourth-order valence-corrected chi connectivity index (χ4v) is 9.88. The third-order valence-corrected chi connectivity index (χ3v) is 14.3. The minimum absolute atomic E-state index is 0.0672. The highest BCUT2D eigenvalue weighted by atomic mass is 79.9. The quantitative estimate of drug-likeness (QED) is 0.0140. The van der Waals surface area contributed by atoms with Gasteiger partial charge in [-0.15, -0.1) is 0 Å². The number of pyridine rings is 1. The predicted octanol–water partition coefficient (Wildman–Crippen LogP) is 8.37. The second kappa shape index (κ2) is 40.0. The van der Waals surface area contributed by atoms with Crippen molar-refractivity contribution in [3.8, 4) is 28.8 Å². The first-order valence-corrected chi connectivity index (χ1v) is 35.8. The average Bonchev–Trinajstić information content (AvgIpc) is 1.71. The highest BCUT2D eigenvalue weighted by Crippen LogP contribution is 2.41. The number of rotatable bonds is 18. The fourth-order valence-electron chi connectivity index (χ4n) is 7.07. The van der Waals surface area contributed by atoms with Gasteiger partial charge >= 0.3 is 24.1 Å². The lowest BCUT2D eigenvalue weighted by Gasteiger charge is -2.35. The van der Waals surface area contributed by atoms with Crippen LogP contribution >= 0.6 is 69.9 Å². The summed E-state index contributed by atoms with van der Waals surface area (Å²) in [6.45, 7) is 11.8. The molecule has 7 N–H and O–H groups in total. The van der Waals surface area contributed by atoms with E-state index in [2.05, 4.69) is 85.7 Å². The van der Waals surface area contributed by atoms with Gasteiger partial charge < -0.3 is 58.8 Å². The predicted molar refractivity (Wildman–Crippen MR) is 361 cm³/mol. The molecule has 0 spiro atoms. The van der Waals surface area contributed by atoms with Gasteiger partial charge in [0.25, 0.3) is 21.8 Å². The zero-order chi connectivity index (χ0) is 74.0. The van der Waals surface area contributed by atoms with Gasteiger partial charge in [-0.25, -0.2) is 23.7 Å². The molecule has 4 amide bonds. The number of para-hydroxylation sites is 2. The molecular weight excluding hydrogens is 1500 g/mol. The van der Waals surface area contributed by atoms with Crippen LogP contribution in [0, 0.1) is 5.82 Å². The highest BCUT2D eigenvalue weighted by molar-refractivity contribution is 9.10. The second-order valence-electron chi connectivity index (χ2n) is 20.3. The molecule has 0 saturated heterocycles. The molecule has 5 heterocycles. The van der Waals surface area contributed by atoms with Crippen LogP contribution < -0.4 is 50.0 Å². The first kappa shape index (κ1) is 85.9. The van der Waals surface area contributed by atoms with Crippen molar-refractivity contribution < 1.29 is 88.4 Å². The summed E-state index contributed by atoms with van der Waals surface area (Å²) in [7, 11) is -1.47. The summed E-state index contributed by atoms with van der Waals surface area (Å²) in [5.74, 6) is -2.20. The van der Waals surface area contributed by atoms with Gasteiger partial charge in [0.05, 0.1) is 90.3 Å². The number of hydrogen-bond acceptors (Lipinski definition) is 23. The van der Waals surface area contributed by atoms with Crippen molar-refractivity contribution in [2.45, 2.75) is 75.8 Å². The molecule has 30 nitrogen and oxygen atoms in total. The molecule has 0 aliphatic carbocycles. The van der Waals surface area contributed by atoms with Gasteiger partial charge in [0.1, 0.15) is 31.5 Å². The molecule has 2 atom stereocenters. The Kier molecular flexibility index (Phi) is 35.4. The summed E-state index contributed by atoms with van der Waals surface area (Å²) in [6.07, 6.45) is 1.92. The number of esters is 1. The second-order valence-corrected chi connectivity index (χ2v) is 28.6. The number of alkyl halides is 5. The maximum atomic E-state index is 14.3. The standard InChI is InChI=1S/C15H12BrClF4N2O2.C15H18N6O6S.C11H11Cl2NO2.C8H14ClN5.C3H8NO5P.C3H9S/c1-6(2)25-14(24)7-4-8(10(18)5-9(7)17)12-11(16)13(15(19,20)21)23(3)22-12;1-21(2)13(22)9-6-5-7-16-12(9)28(24,25)20-15(23)19-14-17-10(26-3)8-11(18-14)27-4;1-7-6-16-9-5-3-2-4-8(9)14(7)11(15)10(12)13;1-4-10-7-12-6(9)13-8(14-7)11-5(2)3;5-3(6)1-4-2-10(7,8)9;1-4(2)3/h4-6H,1-3H3;5-8H,1-4H3,(H2,17,18,19,20,23);2-5,7,10H,6H2,1H3;5H,4H2,1-3H3,(H2,10,11,12,13,14);4H,1-2H2,(H,5,6)(H2,7,8,9);1-3H3/q;;;;;+1/p-1. The van der Waals surface area contributed by atoms with Crippen molar-refractivity contribution in [1.82, 2.24) is 54.6 Å². The number of methoxy groups -OCH3 is 2. The molecule has 0 radical (unpaired) electrons. The van der Waals surface area contributed by atoms with Crippen LogP contribution in [0.15, 0.2) is 70.3 Å². The van der Waals surface area contributed by atoms with E-state index < -0.39 is 92.5 Å². The number of carbonyl (C=O) groups excluding carboxylic acids is 4. The molecule has 6 aromatic rings. The number of carbonyl (C=O) groups is 5. The molecule has 1 aliphatic heterocycles. The van der Waals surface area contributed by atoms with E-state index in [1.165, 1.54) is 57.6 Å². The number of nitrogens with zero attached hydrogens (tertiary/aromatic N) is 10. The van der Waals surface area contributed by atoms with E-state index in [-0.39, 0.29) is 68.4 Å². The number of ether oxygens (including phenoxy) is 4. The minimum atomic E-state index is -4.69. The summed E-state index contributed by atoms with van der Waals surface area (Å²) >= 11 is 25.6. The van der Waals surface area contributed by atoms with Crippen molar-refractivity contribution in [2.75, 3.05) is 93.9 Å². The van der Waals surface area contributed by atoms with Gasteiger partial charge in [0.2, 0.25) is 34.9 Å². The van der Waals surface area contributed by atoms with E-state index in [0.717, 1.165) is 31.4 Å². The largest absolute Gasteiger partial charge is 0.778 e. The van der Waals surface area contributed by atoms with Gasteiger partial charge in [-0.1, -0.05) is 46.9 Å². The molecule has 4 aromatic heterocycles. The molecule has 0 saturated carbocycles. The average molecular weight is 1580 g/mol. The molecule has 536 valence electrons. The SMILES string of the molecule is CC(C)OC(=O)c1cc(-c2nn(C)c(C(F)(F)F)c2Br)c(F)cc1Cl.CC1COc2ccccc2N1C(=O)C(Cl)Cl.CCNc1nc(Cl)nc(NC(C)C)n1.COc1cc(OC)nc(NC(=O)NS(=O)(=O)c2ncccc2C(=O)N(C)C)n1.C[S+](C)C.O=C(O)CNCP(=O)([O-])O. The number of amides is 4. The molecule has 1 aliphatic rings. The maximum Gasteiger partial charge on any atom is 0.434 e. The van der Waals surface area contributed by atoms with Gasteiger partial charge in [-0.05, 0) is 116 Å². The number of anilines is 4. The number of sulfonamides is 1. The zero-order valence-corrected chi connectivity index (χ0v) is 61.4. The molecule has 7 rings (SSSR count). The monoisotopic (exact) mass is 1570 g/mol. The lowest BCUT2D eigenvalue weighted by molar-refractivity contribution is -0.193. The normalized spacial score (nSPS) is 12.9. The van der Waals surface area contributed by atoms with E-state index in [4.69, 9.17) is 75.4 Å². The van der Waals surface area contributed by atoms with Crippen LogP contribution in [0.4, 0.5) is 45.9 Å². The molecule has 2 aromatic carbocycles. The Labute approximate surface area is 587 Å². The lowest BCUT2D eigenvalue weighted by atomic mass is 10.1. The van der Waals surface area contributed by atoms with E-state index in [0.29, 0.717) is 39.8 Å². The smallest absolute Gasteiger partial charge is 0.434 e. The van der Waals surface area contributed by atoms with Crippen LogP contribution in [0.3, 0.4) is 0 Å². The van der Waals surface area contributed by atoms with E-state index >= 15 is 0 Å². The fraction of sp³-hybridized carbons (Fsp3) is 0.418.